The van der Waals surface area contributed by atoms with Gasteiger partial charge in [0, 0.05) is 12.0 Å². The van der Waals surface area contributed by atoms with Crippen molar-refractivity contribution in [1.29, 1.82) is 0 Å². The first-order valence-electron chi connectivity index (χ1n) is 9.26. The number of benzene rings is 2. The Labute approximate surface area is 165 Å². The fourth-order valence-electron chi connectivity index (χ4n) is 3.94. The highest BCUT2D eigenvalue weighted by molar-refractivity contribution is 5.88. The topological polar surface area (TPSA) is 95.8 Å². The van der Waals surface area contributed by atoms with Crippen molar-refractivity contribution < 1.29 is 23.8 Å². The molecular formula is C20H18N4O5. The van der Waals surface area contributed by atoms with Crippen molar-refractivity contribution >= 4 is 22.9 Å². The lowest BCUT2D eigenvalue weighted by atomic mass is 10.1. The molecule has 1 fully saturated rings. The van der Waals surface area contributed by atoms with Crippen LogP contribution in [0.4, 0.5) is 0 Å². The first-order chi connectivity index (χ1) is 14.2. The van der Waals surface area contributed by atoms with Gasteiger partial charge in [-0.05, 0) is 30.7 Å². The van der Waals surface area contributed by atoms with E-state index in [4.69, 9.17) is 14.2 Å². The summed E-state index contributed by atoms with van der Waals surface area (Å²) in [6, 6.07) is 12.2. The maximum atomic E-state index is 12.9. The van der Waals surface area contributed by atoms with Gasteiger partial charge in [0.1, 0.15) is 11.6 Å². The first kappa shape index (κ1) is 17.5. The van der Waals surface area contributed by atoms with E-state index < -0.39 is 18.2 Å². The largest absolute Gasteiger partial charge is 0.467 e. The number of hydrogen-bond donors (Lipinski definition) is 0. The zero-order valence-corrected chi connectivity index (χ0v) is 15.6. The summed E-state index contributed by atoms with van der Waals surface area (Å²) in [6.07, 6.45) is -0.0388. The van der Waals surface area contributed by atoms with Gasteiger partial charge in [-0.1, -0.05) is 23.4 Å². The quantitative estimate of drug-likeness (QED) is 0.623. The van der Waals surface area contributed by atoms with E-state index in [9.17, 15) is 9.59 Å². The second-order valence-electron chi connectivity index (χ2n) is 6.89. The highest BCUT2D eigenvalue weighted by atomic mass is 16.7. The number of rotatable bonds is 4. The molecule has 0 radical (unpaired) electrons. The number of ether oxygens (including phenoxy) is 3. The van der Waals surface area contributed by atoms with Crippen LogP contribution in [0.25, 0.3) is 11.0 Å². The Morgan fingerprint density at radius 1 is 1.21 bits per heavy atom. The van der Waals surface area contributed by atoms with Crippen LogP contribution in [0.5, 0.6) is 11.5 Å². The molecule has 148 valence electrons. The number of esters is 1. The minimum Gasteiger partial charge on any atom is -0.467 e. The third-order valence-corrected chi connectivity index (χ3v) is 5.30. The molecule has 0 saturated carbocycles. The smallest absolute Gasteiger partial charge is 0.328 e. The molecule has 1 saturated heterocycles. The summed E-state index contributed by atoms with van der Waals surface area (Å²) in [6.45, 7) is 0.142. The molecule has 1 aromatic heterocycles. The Kier molecular flexibility index (Phi) is 4.08. The molecule has 0 unspecified atom stereocenters. The molecule has 0 N–H and O–H groups in total. The van der Waals surface area contributed by atoms with Crippen LogP contribution in [0.3, 0.4) is 0 Å². The van der Waals surface area contributed by atoms with Crippen molar-refractivity contribution in [3.8, 4) is 11.5 Å². The van der Waals surface area contributed by atoms with Crippen LogP contribution in [0.15, 0.2) is 42.5 Å². The lowest BCUT2D eigenvalue weighted by Gasteiger charge is -2.32. The molecule has 0 aliphatic carbocycles. The van der Waals surface area contributed by atoms with Gasteiger partial charge in [0.15, 0.2) is 17.7 Å². The number of nitrogens with zero attached hydrogens (tertiary/aromatic N) is 4. The molecule has 2 atom stereocenters. The lowest BCUT2D eigenvalue weighted by Crippen LogP contribution is -2.44. The Balaban J connectivity index is 1.69. The van der Waals surface area contributed by atoms with Gasteiger partial charge in [0.2, 0.25) is 12.7 Å². The van der Waals surface area contributed by atoms with E-state index in [1.807, 2.05) is 36.4 Å². The van der Waals surface area contributed by atoms with Crippen LogP contribution in [0.2, 0.25) is 0 Å². The van der Waals surface area contributed by atoms with Crippen molar-refractivity contribution in [2.24, 2.45) is 0 Å². The summed E-state index contributed by atoms with van der Waals surface area (Å²) in [5.74, 6) is 0.611. The summed E-state index contributed by atoms with van der Waals surface area (Å²) in [7, 11) is 1.32. The van der Waals surface area contributed by atoms with Crippen LogP contribution in [-0.4, -0.2) is 51.7 Å². The second-order valence-corrected chi connectivity index (χ2v) is 6.89. The monoisotopic (exact) mass is 394 g/mol. The number of fused-ring (bicyclic) bond motifs is 2. The summed E-state index contributed by atoms with van der Waals surface area (Å²) in [4.78, 5) is 26.8. The van der Waals surface area contributed by atoms with E-state index in [-0.39, 0.29) is 19.1 Å². The molecule has 0 bridgehead atoms. The lowest BCUT2D eigenvalue weighted by molar-refractivity contribution is -0.151. The van der Waals surface area contributed by atoms with E-state index in [0.717, 1.165) is 11.1 Å². The second kappa shape index (κ2) is 6.77. The van der Waals surface area contributed by atoms with Crippen LogP contribution < -0.4 is 9.47 Å². The first-order valence-corrected chi connectivity index (χ1v) is 9.26. The average molecular weight is 394 g/mol. The molecule has 3 heterocycles. The molecule has 0 spiro atoms. The number of likely N-dealkylation sites (tertiary alicyclic amines) is 1. The Hall–Kier alpha value is -3.62. The van der Waals surface area contributed by atoms with Crippen LogP contribution in [-0.2, 0) is 14.3 Å². The number of aromatic nitrogens is 3. The molecule has 5 rings (SSSR count). The maximum absolute atomic E-state index is 12.9. The van der Waals surface area contributed by atoms with Gasteiger partial charge in [-0.15, -0.1) is 5.10 Å². The van der Waals surface area contributed by atoms with Gasteiger partial charge < -0.3 is 19.1 Å². The number of hydrogen-bond acceptors (Lipinski definition) is 7. The molecule has 9 nitrogen and oxygen atoms in total. The number of amides is 1. The molecule has 9 heteroatoms. The normalized spacial score (nSPS) is 19.0. The van der Waals surface area contributed by atoms with E-state index in [1.54, 1.807) is 10.7 Å². The average Bonchev–Trinajstić information content (AvgIpc) is 3.47. The van der Waals surface area contributed by atoms with Crippen molar-refractivity contribution in [3.05, 3.63) is 48.0 Å². The summed E-state index contributed by atoms with van der Waals surface area (Å²) >= 11 is 0. The fourth-order valence-corrected chi connectivity index (χ4v) is 3.94. The fraction of sp³-hybridized carbons (Fsp3) is 0.300. The minimum absolute atomic E-state index is 0.142. The van der Waals surface area contributed by atoms with Crippen molar-refractivity contribution in [2.45, 2.75) is 25.0 Å². The van der Waals surface area contributed by atoms with E-state index >= 15 is 0 Å². The highest BCUT2D eigenvalue weighted by Crippen LogP contribution is 2.39. The Morgan fingerprint density at radius 2 is 2.03 bits per heavy atom. The number of carbonyl (C=O) groups is 2. The zero-order valence-electron chi connectivity index (χ0n) is 15.6. The minimum atomic E-state index is -0.703. The van der Waals surface area contributed by atoms with Gasteiger partial charge >= 0.3 is 5.97 Å². The Bertz CT molecular complexity index is 1110. The third kappa shape index (κ3) is 2.77. The zero-order chi connectivity index (χ0) is 20.0. The third-order valence-electron chi connectivity index (χ3n) is 5.30. The van der Waals surface area contributed by atoms with Crippen LogP contribution in [0.1, 0.15) is 24.6 Å². The highest BCUT2D eigenvalue weighted by Gasteiger charge is 2.43. The molecule has 29 heavy (non-hydrogen) atoms. The standard InChI is InChI=1S/C20H18N4O5/c1-27-20(26)15-7-9-18(25)23(15)19(12-6-8-16-17(10-12)29-11-28-16)24-14-5-3-2-4-13(14)21-22-24/h2-6,8,10,15,19H,7,9,11H2,1H3/t15-,19-/m0/s1. The summed E-state index contributed by atoms with van der Waals surface area (Å²) in [5, 5.41) is 8.54. The van der Waals surface area contributed by atoms with Crippen molar-refractivity contribution in [1.82, 2.24) is 19.9 Å². The molecule has 3 aromatic rings. The predicted octanol–water partition coefficient (Wildman–Crippen LogP) is 1.87. The van der Waals surface area contributed by atoms with Gasteiger partial charge in [0.25, 0.3) is 0 Å². The van der Waals surface area contributed by atoms with Gasteiger partial charge in [0.05, 0.1) is 12.6 Å². The molecule has 2 aliphatic rings. The van der Waals surface area contributed by atoms with Gasteiger partial charge in [-0.2, -0.15) is 0 Å². The molecular weight excluding hydrogens is 376 g/mol. The summed E-state index contributed by atoms with van der Waals surface area (Å²) < 4.78 is 17.5. The van der Waals surface area contributed by atoms with E-state index in [0.29, 0.717) is 23.4 Å². The molecule has 2 aromatic carbocycles. The summed E-state index contributed by atoms with van der Waals surface area (Å²) in [5.41, 5.74) is 2.17. The van der Waals surface area contributed by atoms with Crippen LogP contribution in [0, 0.1) is 0 Å². The van der Waals surface area contributed by atoms with Crippen LogP contribution >= 0.6 is 0 Å². The van der Waals surface area contributed by atoms with Gasteiger partial charge in [-0.3, -0.25) is 4.79 Å². The molecule has 2 aliphatic heterocycles. The number of carbonyl (C=O) groups excluding carboxylic acids is 2. The Morgan fingerprint density at radius 3 is 2.90 bits per heavy atom. The number of methoxy groups -OCH3 is 1. The maximum Gasteiger partial charge on any atom is 0.328 e. The molecule has 1 amide bonds. The SMILES string of the molecule is COC(=O)[C@@H]1CCC(=O)N1[C@H](c1ccc2c(c1)OCO2)n1nnc2ccccc21. The van der Waals surface area contributed by atoms with E-state index in [1.165, 1.54) is 12.0 Å². The predicted molar refractivity (Wildman–Crippen MR) is 100 cm³/mol. The van der Waals surface area contributed by atoms with Gasteiger partial charge in [-0.25, -0.2) is 9.48 Å². The van der Waals surface area contributed by atoms with Crippen molar-refractivity contribution in [3.63, 3.8) is 0 Å². The van der Waals surface area contributed by atoms with Crippen molar-refractivity contribution in [2.75, 3.05) is 13.9 Å². The number of para-hydroxylation sites is 1. The van der Waals surface area contributed by atoms with E-state index in [2.05, 4.69) is 10.3 Å².